The van der Waals surface area contributed by atoms with Gasteiger partial charge in [0.1, 0.15) is 5.75 Å². The molecule has 2 aromatic rings. The van der Waals surface area contributed by atoms with E-state index in [1.54, 1.807) is 28.4 Å². The number of guanidine groups is 1. The molecule has 0 spiro atoms. The van der Waals surface area contributed by atoms with E-state index in [0.29, 0.717) is 18.0 Å². The Bertz CT molecular complexity index is 829. The van der Waals surface area contributed by atoms with E-state index in [4.69, 9.17) is 14.2 Å². The molecule has 0 saturated carbocycles. The van der Waals surface area contributed by atoms with E-state index < -0.39 is 0 Å². The molecule has 0 aliphatic carbocycles. The zero-order chi connectivity index (χ0) is 22.6. The Morgan fingerprint density at radius 3 is 2.03 bits per heavy atom. The number of aliphatic imine (C=N–C) groups is 1. The largest absolute Gasteiger partial charge is 0.496 e. The van der Waals surface area contributed by atoms with Crippen LogP contribution in [0.25, 0.3) is 0 Å². The first kappa shape index (κ1) is 27.8. The van der Waals surface area contributed by atoms with Gasteiger partial charge in [0.15, 0.2) is 17.5 Å². The number of nitrogens with zero attached hydrogens (tertiary/aromatic N) is 2. The first-order valence-corrected chi connectivity index (χ1v) is 10.6. The quantitative estimate of drug-likeness (QED) is 0.247. The Balaban J connectivity index is 0.00000512. The topological polar surface area (TPSA) is 67.4 Å². The molecule has 178 valence electrons. The van der Waals surface area contributed by atoms with Gasteiger partial charge in [-0.3, -0.25) is 9.89 Å². The Kier molecular flexibility index (Phi) is 12.9. The summed E-state index contributed by atoms with van der Waals surface area (Å²) in [4.78, 5) is 6.83. The number of halogens is 1. The standard InChI is InChI=1S/C24H36N4O3.HI/c1-7-28(8-2)20(18-12-10-9-11-13-18)17-27-24(25-3)26-16-19-14-22(30-5)23(31-6)15-21(19)29-4;/h9-15,20H,7-8,16-17H2,1-6H3,(H2,25,26,27);1H. The van der Waals surface area contributed by atoms with E-state index in [9.17, 15) is 0 Å². The molecule has 2 aromatic carbocycles. The third-order valence-corrected chi connectivity index (χ3v) is 5.36. The number of nitrogens with one attached hydrogen (secondary N) is 2. The van der Waals surface area contributed by atoms with Crippen LogP contribution in [0.1, 0.15) is 31.0 Å². The molecule has 0 radical (unpaired) electrons. The number of methoxy groups -OCH3 is 3. The Labute approximate surface area is 209 Å². The van der Waals surface area contributed by atoms with Crippen molar-refractivity contribution in [2.45, 2.75) is 26.4 Å². The van der Waals surface area contributed by atoms with Gasteiger partial charge in [-0.15, -0.1) is 24.0 Å². The summed E-state index contributed by atoms with van der Waals surface area (Å²) in [5.74, 6) is 2.75. The van der Waals surface area contributed by atoms with Crippen molar-refractivity contribution in [2.24, 2.45) is 4.99 Å². The highest BCUT2D eigenvalue weighted by molar-refractivity contribution is 14.0. The van der Waals surface area contributed by atoms with Crippen LogP contribution in [0.2, 0.25) is 0 Å². The van der Waals surface area contributed by atoms with Crippen molar-refractivity contribution in [1.82, 2.24) is 15.5 Å². The van der Waals surface area contributed by atoms with Gasteiger partial charge in [0.05, 0.1) is 27.4 Å². The zero-order valence-electron chi connectivity index (χ0n) is 20.0. The number of rotatable bonds is 11. The number of ether oxygens (including phenoxy) is 3. The van der Waals surface area contributed by atoms with Crippen LogP contribution in [-0.4, -0.2) is 58.9 Å². The van der Waals surface area contributed by atoms with Crippen molar-refractivity contribution in [3.63, 3.8) is 0 Å². The monoisotopic (exact) mass is 556 g/mol. The molecular formula is C24H37IN4O3. The van der Waals surface area contributed by atoms with Gasteiger partial charge in [0.2, 0.25) is 0 Å². The van der Waals surface area contributed by atoms with Crippen LogP contribution in [0.4, 0.5) is 0 Å². The van der Waals surface area contributed by atoms with Crippen LogP contribution in [-0.2, 0) is 6.54 Å². The van der Waals surface area contributed by atoms with Crippen LogP contribution >= 0.6 is 24.0 Å². The lowest BCUT2D eigenvalue weighted by atomic mass is 10.1. The van der Waals surface area contributed by atoms with Gasteiger partial charge in [-0.05, 0) is 24.7 Å². The molecule has 0 heterocycles. The third kappa shape index (κ3) is 7.44. The molecule has 0 amide bonds. The number of hydrogen-bond donors (Lipinski definition) is 2. The second kappa shape index (κ2) is 14.8. The van der Waals surface area contributed by atoms with Crippen molar-refractivity contribution in [3.05, 3.63) is 53.6 Å². The van der Waals surface area contributed by atoms with E-state index in [2.05, 4.69) is 58.6 Å². The molecule has 2 N–H and O–H groups in total. The van der Waals surface area contributed by atoms with Gasteiger partial charge in [0, 0.05) is 31.8 Å². The zero-order valence-corrected chi connectivity index (χ0v) is 22.3. The van der Waals surface area contributed by atoms with E-state index in [-0.39, 0.29) is 30.0 Å². The van der Waals surface area contributed by atoms with Crippen molar-refractivity contribution in [1.29, 1.82) is 0 Å². The van der Waals surface area contributed by atoms with E-state index in [0.717, 1.165) is 36.9 Å². The SMILES string of the molecule is CCN(CC)C(CNC(=NC)NCc1cc(OC)c(OC)cc1OC)c1ccccc1.I. The molecule has 0 fully saturated rings. The molecule has 0 aliphatic heterocycles. The molecule has 0 aliphatic rings. The minimum Gasteiger partial charge on any atom is -0.496 e. The fourth-order valence-electron chi connectivity index (χ4n) is 3.62. The van der Waals surface area contributed by atoms with Gasteiger partial charge < -0.3 is 24.8 Å². The van der Waals surface area contributed by atoms with Crippen LogP contribution < -0.4 is 24.8 Å². The summed E-state index contributed by atoms with van der Waals surface area (Å²) in [6.45, 7) is 7.61. The highest BCUT2D eigenvalue weighted by atomic mass is 127. The average Bonchev–Trinajstić information content (AvgIpc) is 2.83. The van der Waals surface area contributed by atoms with Crippen molar-refractivity contribution >= 4 is 29.9 Å². The highest BCUT2D eigenvalue weighted by Crippen LogP contribution is 2.34. The van der Waals surface area contributed by atoms with E-state index in [1.165, 1.54) is 5.56 Å². The maximum absolute atomic E-state index is 5.53. The van der Waals surface area contributed by atoms with Crippen LogP contribution in [0.15, 0.2) is 47.5 Å². The summed E-state index contributed by atoms with van der Waals surface area (Å²) in [7, 11) is 6.65. The Morgan fingerprint density at radius 1 is 0.906 bits per heavy atom. The lowest BCUT2D eigenvalue weighted by Crippen LogP contribution is -2.43. The van der Waals surface area contributed by atoms with Crippen molar-refractivity contribution < 1.29 is 14.2 Å². The van der Waals surface area contributed by atoms with Gasteiger partial charge >= 0.3 is 0 Å². The fourth-order valence-corrected chi connectivity index (χ4v) is 3.62. The molecular weight excluding hydrogens is 519 g/mol. The molecule has 7 nitrogen and oxygen atoms in total. The summed E-state index contributed by atoms with van der Waals surface area (Å²) >= 11 is 0. The summed E-state index contributed by atoms with van der Waals surface area (Å²) in [5.41, 5.74) is 2.24. The number of likely N-dealkylation sites (N-methyl/N-ethyl adjacent to an activating group) is 1. The first-order chi connectivity index (χ1) is 15.1. The lowest BCUT2D eigenvalue weighted by Gasteiger charge is -2.30. The molecule has 2 rings (SSSR count). The van der Waals surface area contributed by atoms with Crippen molar-refractivity contribution in [3.8, 4) is 17.2 Å². The maximum Gasteiger partial charge on any atom is 0.191 e. The number of hydrogen-bond acceptors (Lipinski definition) is 5. The van der Waals surface area contributed by atoms with Crippen LogP contribution in [0, 0.1) is 0 Å². The third-order valence-electron chi connectivity index (χ3n) is 5.36. The molecule has 0 saturated heterocycles. The molecule has 1 unspecified atom stereocenters. The normalized spacial score (nSPS) is 12.0. The van der Waals surface area contributed by atoms with Crippen LogP contribution in [0.3, 0.4) is 0 Å². The average molecular weight is 556 g/mol. The molecule has 8 heteroatoms. The summed E-state index contributed by atoms with van der Waals surface area (Å²) in [6, 6.07) is 14.6. The number of benzene rings is 2. The molecule has 0 bridgehead atoms. The second-order valence-corrected chi connectivity index (χ2v) is 6.97. The van der Waals surface area contributed by atoms with Gasteiger partial charge in [0.25, 0.3) is 0 Å². The first-order valence-electron chi connectivity index (χ1n) is 10.6. The van der Waals surface area contributed by atoms with E-state index >= 15 is 0 Å². The van der Waals surface area contributed by atoms with Crippen LogP contribution in [0.5, 0.6) is 17.2 Å². The van der Waals surface area contributed by atoms with E-state index in [1.807, 2.05) is 18.2 Å². The smallest absolute Gasteiger partial charge is 0.191 e. The lowest BCUT2D eigenvalue weighted by molar-refractivity contribution is 0.219. The predicted octanol–water partition coefficient (Wildman–Crippen LogP) is 4.08. The fraction of sp³-hybridized carbons (Fsp3) is 0.458. The summed E-state index contributed by atoms with van der Waals surface area (Å²) in [6.07, 6.45) is 0. The molecule has 32 heavy (non-hydrogen) atoms. The maximum atomic E-state index is 5.53. The van der Waals surface area contributed by atoms with Gasteiger partial charge in [-0.2, -0.15) is 0 Å². The minimum atomic E-state index is 0. The minimum absolute atomic E-state index is 0. The Morgan fingerprint density at radius 2 is 1.50 bits per heavy atom. The molecule has 0 aromatic heterocycles. The van der Waals surface area contributed by atoms with Gasteiger partial charge in [-0.1, -0.05) is 44.2 Å². The second-order valence-electron chi connectivity index (χ2n) is 6.97. The highest BCUT2D eigenvalue weighted by Gasteiger charge is 2.18. The Hall–Kier alpha value is -2.20. The van der Waals surface area contributed by atoms with Crippen molar-refractivity contribution in [2.75, 3.05) is 48.0 Å². The molecule has 1 atom stereocenters. The predicted molar refractivity (Wildman–Crippen MR) is 142 cm³/mol. The van der Waals surface area contributed by atoms with Gasteiger partial charge in [-0.25, -0.2) is 0 Å². The summed E-state index contributed by atoms with van der Waals surface area (Å²) < 4.78 is 16.3. The summed E-state index contributed by atoms with van der Waals surface area (Å²) in [5, 5.41) is 6.85.